The predicted octanol–water partition coefficient (Wildman–Crippen LogP) is 2.08. The van der Waals surface area contributed by atoms with Crippen LogP contribution in [0.15, 0.2) is 24.4 Å². The van der Waals surface area contributed by atoms with Gasteiger partial charge in [0.2, 0.25) is 0 Å². The molecule has 0 radical (unpaired) electrons. The molecule has 2 fully saturated rings. The Morgan fingerprint density at radius 2 is 2.14 bits per heavy atom. The number of hydrogen-bond acceptors (Lipinski definition) is 3. The van der Waals surface area contributed by atoms with Gasteiger partial charge < -0.3 is 15.0 Å². The first kappa shape index (κ1) is 15.3. The minimum atomic E-state index is 0.0764. The number of carbonyl (C=O) groups excluding carboxylic acids is 1. The molecule has 1 saturated heterocycles. The highest BCUT2D eigenvalue weighted by Gasteiger charge is 2.43. The zero-order chi connectivity index (χ0) is 15.4. The molecule has 5 heteroatoms. The van der Waals surface area contributed by atoms with Crippen LogP contribution in [0, 0.1) is 11.8 Å². The smallest absolute Gasteiger partial charge is 0.317 e. The van der Waals surface area contributed by atoms with Crippen LogP contribution in [0.4, 0.5) is 4.79 Å². The number of amides is 2. The number of aromatic nitrogens is 1. The van der Waals surface area contributed by atoms with Gasteiger partial charge in [-0.05, 0) is 37.8 Å². The number of nitrogens with one attached hydrogen (secondary N) is 1. The lowest BCUT2D eigenvalue weighted by atomic mass is 9.95. The van der Waals surface area contributed by atoms with Crippen LogP contribution in [0.3, 0.4) is 0 Å². The minimum Gasteiger partial charge on any atom is -0.381 e. The van der Waals surface area contributed by atoms with E-state index >= 15 is 0 Å². The summed E-state index contributed by atoms with van der Waals surface area (Å²) < 4.78 is 5.59. The van der Waals surface area contributed by atoms with Crippen LogP contribution in [0.2, 0.25) is 0 Å². The molecule has 0 aromatic carbocycles. The molecule has 1 saturated carbocycles. The molecular formula is C17H25N3O2. The van der Waals surface area contributed by atoms with Gasteiger partial charge in [-0.25, -0.2) is 4.79 Å². The van der Waals surface area contributed by atoms with E-state index in [0.29, 0.717) is 24.5 Å². The number of piperidine rings is 1. The second-order valence-electron chi connectivity index (χ2n) is 6.36. The average molecular weight is 303 g/mol. The standard InChI is InChI=1S/C17H25N3O2/c1-22-16-13-7-8-14(16)12-20(11-13)17(21)19-10-4-6-15-5-2-3-9-18-15/h2-3,5,9,13-14,16H,4,6-8,10-12H2,1H3,(H,19,21). The summed E-state index contributed by atoms with van der Waals surface area (Å²) in [5.41, 5.74) is 1.08. The average Bonchev–Trinajstić information content (AvgIpc) is 2.80. The van der Waals surface area contributed by atoms with Crippen LogP contribution >= 0.6 is 0 Å². The van der Waals surface area contributed by atoms with Gasteiger partial charge in [0.1, 0.15) is 0 Å². The Balaban J connectivity index is 1.40. The number of hydrogen-bond donors (Lipinski definition) is 1. The van der Waals surface area contributed by atoms with Gasteiger partial charge in [0, 0.05) is 50.5 Å². The number of pyridine rings is 1. The molecule has 5 nitrogen and oxygen atoms in total. The van der Waals surface area contributed by atoms with Gasteiger partial charge in [-0.2, -0.15) is 0 Å². The van der Waals surface area contributed by atoms with Gasteiger partial charge in [0.25, 0.3) is 0 Å². The first-order valence-corrected chi connectivity index (χ1v) is 8.23. The van der Waals surface area contributed by atoms with E-state index in [-0.39, 0.29) is 6.03 Å². The Hall–Kier alpha value is -1.62. The third kappa shape index (κ3) is 3.40. The molecule has 2 amide bonds. The molecule has 2 aliphatic rings. The van der Waals surface area contributed by atoms with Crippen LogP contribution in [0.5, 0.6) is 0 Å². The number of urea groups is 1. The fourth-order valence-electron chi connectivity index (χ4n) is 3.85. The molecule has 1 aromatic rings. The normalized spacial score (nSPS) is 27.0. The van der Waals surface area contributed by atoms with Crippen molar-refractivity contribution in [3.63, 3.8) is 0 Å². The van der Waals surface area contributed by atoms with Crippen LogP contribution < -0.4 is 5.32 Å². The second kappa shape index (κ2) is 7.09. The maximum absolute atomic E-state index is 12.3. The molecule has 2 bridgehead atoms. The third-order valence-electron chi connectivity index (χ3n) is 4.92. The molecule has 1 aromatic heterocycles. The van der Waals surface area contributed by atoms with Crippen LogP contribution in [0.1, 0.15) is 25.0 Å². The minimum absolute atomic E-state index is 0.0764. The van der Waals surface area contributed by atoms with Crippen LogP contribution in [-0.4, -0.2) is 48.8 Å². The van der Waals surface area contributed by atoms with Crippen LogP contribution in [-0.2, 0) is 11.2 Å². The summed E-state index contributed by atoms with van der Waals surface area (Å²) in [4.78, 5) is 18.5. The summed E-state index contributed by atoms with van der Waals surface area (Å²) in [6.45, 7) is 2.37. The van der Waals surface area contributed by atoms with E-state index in [0.717, 1.165) is 31.6 Å². The van der Waals surface area contributed by atoms with Gasteiger partial charge in [-0.1, -0.05) is 6.07 Å². The molecule has 120 valence electrons. The number of likely N-dealkylation sites (tertiary alicyclic amines) is 1. The van der Waals surface area contributed by atoms with Crippen molar-refractivity contribution >= 4 is 6.03 Å². The van der Waals surface area contributed by atoms with Crippen molar-refractivity contribution in [2.24, 2.45) is 11.8 Å². The van der Waals surface area contributed by atoms with E-state index in [9.17, 15) is 4.79 Å². The van der Waals surface area contributed by atoms with E-state index in [4.69, 9.17) is 4.74 Å². The van der Waals surface area contributed by atoms with Gasteiger partial charge in [0.15, 0.2) is 0 Å². The van der Waals surface area contributed by atoms with Crippen molar-refractivity contribution in [1.29, 1.82) is 0 Å². The fourth-order valence-corrected chi connectivity index (χ4v) is 3.85. The number of carbonyl (C=O) groups is 1. The van der Waals surface area contributed by atoms with E-state index in [1.54, 1.807) is 7.11 Å². The quantitative estimate of drug-likeness (QED) is 0.847. The number of nitrogens with zero attached hydrogens (tertiary/aromatic N) is 2. The Bertz CT molecular complexity index is 480. The van der Waals surface area contributed by atoms with Gasteiger partial charge in [-0.15, -0.1) is 0 Å². The lowest BCUT2D eigenvalue weighted by molar-refractivity contribution is -0.00504. The van der Waals surface area contributed by atoms with Crippen molar-refractivity contribution in [3.8, 4) is 0 Å². The molecule has 1 aliphatic heterocycles. The summed E-state index contributed by atoms with van der Waals surface area (Å²) in [7, 11) is 1.79. The molecule has 1 aliphatic carbocycles. The van der Waals surface area contributed by atoms with Crippen molar-refractivity contribution in [1.82, 2.24) is 15.2 Å². The third-order valence-corrected chi connectivity index (χ3v) is 4.92. The monoisotopic (exact) mass is 303 g/mol. The topological polar surface area (TPSA) is 54.5 Å². The summed E-state index contributed by atoms with van der Waals surface area (Å²) in [5.74, 6) is 1.03. The molecule has 3 rings (SSSR count). The lowest BCUT2D eigenvalue weighted by Crippen LogP contribution is -2.51. The predicted molar refractivity (Wildman–Crippen MR) is 84.5 cm³/mol. The summed E-state index contributed by atoms with van der Waals surface area (Å²) in [5, 5.41) is 3.04. The maximum atomic E-state index is 12.3. The number of fused-ring (bicyclic) bond motifs is 2. The lowest BCUT2D eigenvalue weighted by Gasteiger charge is -2.37. The SMILES string of the molecule is COC1C2CCC1CN(C(=O)NCCCc1ccccn1)C2. The Labute approximate surface area is 132 Å². The Morgan fingerprint density at radius 1 is 1.36 bits per heavy atom. The van der Waals surface area contributed by atoms with Gasteiger partial charge in [-0.3, -0.25) is 4.98 Å². The molecule has 1 N–H and O–H groups in total. The highest BCUT2D eigenvalue weighted by molar-refractivity contribution is 5.74. The van der Waals surface area contributed by atoms with E-state index < -0.39 is 0 Å². The highest BCUT2D eigenvalue weighted by Crippen LogP contribution is 2.38. The largest absolute Gasteiger partial charge is 0.381 e. The molecule has 2 unspecified atom stereocenters. The van der Waals surface area contributed by atoms with E-state index in [2.05, 4.69) is 10.3 Å². The van der Waals surface area contributed by atoms with Crippen molar-refractivity contribution in [3.05, 3.63) is 30.1 Å². The highest BCUT2D eigenvalue weighted by atomic mass is 16.5. The number of rotatable bonds is 5. The summed E-state index contributed by atoms with van der Waals surface area (Å²) in [6.07, 6.45) is 6.36. The molecule has 22 heavy (non-hydrogen) atoms. The van der Waals surface area contributed by atoms with E-state index in [1.807, 2.05) is 29.3 Å². The number of aryl methyl sites for hydroxylation is 1. The van der Waals surface area contributed by atoms with Gasteiger partial charge >= 0.3 is 6.03 Å². The fraction of sp³-hybridized carbons (Fsp3) is 0.647. The first-order chi connectivity index (χ1) is 10.8. The number of methoxy groups -OCH3 is 1. The first-order valence-electron chi connectivity index (χ1n) is 8.23. The van der Waals surface area contributed by atoms with Crippen molar-refractivity contribution in [2.45, 2.75) is 31.8 Å². The van der Waals surface area contributed by atoms with Crippen molar-refractivity contribution < 1.29 is 9.53 Å². The van der Waals surface area contributed by atoms with E-state index in [1.165, 1.54) is 12.8 Å². The summed E-state index contributed by atoms with van der Waals surface area (Å²) in [6, 6.07) is 6.02. The number of ether oxygens (including phenoxy) is 1. The second-order valence-corrected chi connectivity index (χ2v) is 6.36. The Morgan fingerprint density at radius 3 is 2.77 bits per heavy atom. The molecule has 2 atom stereocenters. The molecule has 2 heterocycles. The zero-order valence-electron chi connectivity index (χ0n) is 13.2. The maximum Gasteiger partial charge on any atom is 0.317 e. The van der Waals surface area contributed by atoms with Crippen LogP contribution in [0.25, 0.3) is 0 Å². The van der Waals surface area contributed by atoms with Gasteiger partial charge in [0.05, 0.1) is 6.10 Å². The summed E-state index contributed by atoms with van der Waals surface area (Å²) >= 11 is 0. The van der Waals surface area contributed by atoms with Crippen molar-refractivity contribution in [2.75, 3.05) is 26.7 Å². The molecular weight excluding hydrogens is 278 g/mol. The molecule has 0 spiro atoms. The Kier molecular flexibility index (Phi) is 4.93. The zero-order valence-corrected chi connectivity index (χ0v) is 13.2.